The maximum atomic E-state index is 10.2. The highest BCUT2D eigenvalue weighted by molar-refractivity contribution is 5.77. The third-order valence-corrected chi connectivity index (χ3v) is 4.18. The second-order valence-electron chi connectivity index (χ2n) is 6.74. The van der Waals surface area contributed by atoms with Crippen LogP contribution in [0.15, 0.2) is 29.3 Å². The largest absolute Gasteiger partial charge is 0.390 e. The summed E-state index contributed by atoms with van der Waals surface area (Å²) in [6.07, 6.45) is 1.63. The number of guanidine groups is 1. The molecule has 1 aliphatic rings. The number of nitrogens with one attached hydrogen (secondary N) is 1. The first kappa shape index (κ1) is 17.8. The zero-order valence-electron chi connectivity index (χ0n) is 14.3. The van der Waals surface area contributed by atoms with E-state index in [1.165, 1.54) is 11.1 Å². The van der Waals surface area contributed by atoms with Crippen molar-refractivity contribution in [2.24, 2.45) is 16.6 Å². The zero-order chi connectivity index (χ0) is 16.7. The molecule has 0 aromatic heterocycles. The van der Waals surface area contributed by atoms with Crippen molar-refractivity contribution in [1.82, 2.24) is 10.2 Å². The number of hydrogen-bond acceptors (Lipinski definition) is 3. The van der Waals surface area contributed by atoms with Crippen molar-refractivity contribution in [1.29, 1.82) is 0 Å². The van der Waals surface area contributed by atoms with Crippen molar-refractivity contribution in [3.05, 3.63) is 35.4 Å². The number of benzene rings is 1. The quantitative estimate of drug-likeness (QED) is 0.524. The van der Waals surface area contributed by atoms with E-state index >= 15 is 0 Å². The van der Waals surface area contributed by atoms with Gasteiger partial charge in [0.1, 0.15) is 0 Å². The lowest BCUT2D eigenvalue weighted by molar-refractivity contribution is 0.112. The standard InChI is InChI=1S/C18H30N4O/c1-14(2)7-9-20-18(19)21-11-17(23)13-22-10-8-15-5-3-4-6-16(15)12-22/h3-6,14,17,23H,7-13H2,1-2H3,(H3,19,20,21). The summed E-state index contributed by atoms with van der Waals surface area (Å²) in [6, 6.07) is 8.53. The average Bonchev–Trinajstić information content (AvgIpc) is 2.52. The highest BCUT2D eigenvalue weighted by Crippen LogP contribution is 2.18. The second-order valence-corrected chi connectivity index (χ2v) is 6.74. The van der Waals surface area contributed by atoms with E-state index in [1.807, 2.05) is 0 Å². The van der Waals surface area contributed by atoms with Crippen LogP contribution in [0.4, 0.5) is 0 Å². The fraction of sp³-hybridized carbons (Fsp3) is 0.611. The van der Waals surface area contributed by atoms with Gasteiger partial charge in [-0.15, -0.1) is 0 Å². The number of rotatable bonds is 7. The fourth-order valence-corrected chi connectivity index (χ4v) is 2.81. The van der Waals surface area contributed by atoms with Crippen molar-refractivity contribution in [2.75, 3.05) is 26.2 Å². The summed E-state index contributed by atoms with van der Waals surface area (Å²) in [6.45, 7) is 8.05. The molecule has 1 unspecified atom stereocenters. The van der Waals surface area contributed by atoms with E-state index in [4.69, 9.17) is 5.73 Å². The van der Waals surface area contributed by atoms with Crippen molar-refractivity contribution in [3.8, 4) is 0 Å². The molecule has 0 radical (unpaired) electrons. The molecule has 0 bridgehead atoms. The van der Waals surface area contributed by atoms with E-state index in [1.54, 1.807) is 0 Å². The molecule has 0 amide bonds. The van der Waals surface area contributed by atoms with Crippen LogP contribution in [0.5, 0.6) is 0 Å². The molecule has 0 saturated heterocycles. The Balaban J connectivity index is 1.72. The molecular weight excluding hydrogens is 288 g/mol. The summed E-state index contributed by atoms with van der Waals surface area (Å²) in [5, 5.41) is 13.3. The van der Waals surface area contributed by atoms with E-state index in [0.717, 1.165) is 32.5 Å². The molecule has 4 N–H and O–H groups in total. The number of nitrogens with zero attached hydrogens (tertiary/aromatic N) is 2. The number of aliphatic hydroxyl groups is 1. The third kappa shape index (κ3) is 6.20. The number of aliphatic imine (C=N–C) groups is 1. The topological polar surface area (TPSA) is 73.9 Å². The van der Waals surface area contributed by atoms with Gasteiger partial charge < -0.3 is 16.2 Å². The van der Waals surface area contributed by atoms with E-state index in [2.05, 4.69) is 53.3 Å². The molecule has 1 atom stereocenters. The molecule has 0 saturated carbocycles. The number of aliphatic hydroxyl groups excluding tert-OH is 1. The summed E-state index contributed by atoms with van der Waals surface area (Å²) in [7, 11) is 0. The minimum atomic E-state index is -0.481. The molecule has 128 valence electrons. The van der Waals surface area contributed by atoms with Gasteiger partial charge in [0, 0.05) is 26.2 Å². The Hall–Kier alpha value is -1.59. The highest BCUT2D eigenvalue weighted by Gasteiger charge is 2.18. The maximum absolute atomic E-state index is 10.2. The molecule has 1 aromatic carbocycles. The normalized spacial score (nSPS) is 17.1. The minimum Gasteiger partial charge on any atom is -0.390 e. The van der Waals surface area contributed by atoms with Crippen LogP contribution in [0.2, 0.25) is 0 Å². The van der Waals surface area contributed by atoms with Crippen molar-refractivity contribution < 1.29 is 5.11 Å². The predicted octanol–water partition coefficient (Wildman–Crippen LogP) is 1.36. The van der Waals surface area contributed by atoms with Gasteiger partial charge in [-0.2, -0.15) is 0 Å². The number of hydrogen-bond donors (Lipinski definition) is 3. The highest BCUT2D eigenvalue weighted by atomic mass is 16.3. The number of nitrogens with two attached hydrogens (primary N) is 1. The van der Waals surface area contributed by atoms with E-state index in [0.29, 0.717) is 25.0 Å². The van der Waals surface area contributed by atoms with Crippen LogP contribution in [0, 0.1) is 5.92 Å². The van der Waals surface area contributed by atoms with Crippen LogP contribution in [0.1, 0.15) is 31.4 Å². The Bertz CT molecular complexity index is 515. The fourth-order valence-electron chi connectivity index (χ4n) is 2.81. The lowest BCUT2D eigenvalue weighted by Gasteiger charge is -2.30. The summed E-state index contributed by atoms with van der Waals surface area (Å²) >= 11 is 0. The summed E-state index contributed by atoms with van der Waals surface area (Å²) in [5.74, 6) is 1.07. The molecule has 2 rings (SSSR count). The summed E-state index contributed by atoms with van der Waals surface area (Å²) in [5.41, 5.74) is 8.61. The Labute approximate surface area is 139 Å². The molecule has 1 aliphatic heterocycles. The van der Waals surface area contributed by atoms with Gasteiger partial charge in [-0.1, -0.05) is 38.1 Å². The molecule has 5 nitrogen and oxygen atoms in total. The molecule has 1 aromatic rings. The Kier molecular flexibility index (Phi) is 6.86. The predicted molar refractivity (Wildman–Crippen MR) is 95.4 cm³/mol. The van der Waals surface area contributed by atoms with Gasteiger partial charge >= 0.3 is 0 Å². The van der Waals surface area contributed by atoms with Crippen LogP contribution >= 0.6 is 0 Å². The molecule has 23 heavy (non-hydrogen) atoms. The van der Waals surface area contributed by atoms with Crippen LogP contribution in [0.3, 0.4) is 0 Å². The smallest absolute Gasteiger partial charge is 0.188 e. The monoisotopic (exact) mass is 318 g/mol. The first-order valence-electron chi connectivity index (χ1n) is 8.55. The molecule has 0 fully saturated rings. The maximum Gasteiger partial charge on any atom is 0.188 e. The summed E-state index contributed by atoms with van der Waals surface area (Å²) in [4.78, 5) is 6.52. The SMILES string of the molecule is CC(C)CCNC(N)=NCC(O)CN1CCc2ccccc2C1. The lowest BCUT2D eigenvalue weighted by Crippen LogP contribution is -2.39. The van der Waals surface area contributed by atoms with Crippen LogP contribution in [-0.2, 0) is 13.0 Å². The van der Waals surface area contributed by atoms with Crippen LogP contribution < -0.4 is 11.1 Å². The minimum absolute atomic E-state index is 0.346. The second kappa shape index (κ2) is 8.89. The Morgan fingerprint density at radius 3 is 2.83 bits per heavy atom. The first-order valence-corrected chi connectivity index (χ1v) is 8.55. The first-order chi connectivity index (χ1) is 11.0. The van der Waals surface area contributed by atoms with Gasteiger partial charge in [0.05, 0.1) is 12.6 Å². The van der Waals surface area contributed by atoms with Gasteiger partial charge in [0.15, 0.2) is 5.96 Å². The van der Waals surface area contributed by atoms with E-state index < -0.39 is 6.10 Å². The van der Waals surface area contributed by atoms with Crippen molar-refractivity contribution in [3.63, 3.8) is 0 Å². The van der Waals surface area contributed by atoms with E-state index in [9.17, 15) is 5.11 Å². The molecule has 5 heteroatoms. The van der Waals surface area contributed by atoms with Gasteiger partial charge in [-0.05, 0) is 29.9 Å². The van der Waals surface area contributed by atoms with Crippen molar-refractivity contribution >= 4 is 5.96 Å². The average molecular weight is 318 g/mol. The molecular formula is C18H30N4O. The summed E-state index contributed by atoms with van der Waals surface area (Å²) < 4.78 is 0. The molecule has 0 aliphatic carbocycles. The molecule has 0 spiro atoms. The zero-order valence-corrected chi connectivity index (χ0v) is 14.3. The van der Waals surface area contributed by atoms with Gasteiger partial charge in [-0.3, -0.25) is 9.89 Å². The Morgan fingerprint density at radius 2 is 2.09 bits per heavy atom. The molecule has 1 heterocycles. The third-order valence-electron chi connectivity index (χ3n) is 4.18. The number of fused-ring (bicyclic) bond motifs is 1. The van der Waals surface area contributed by atoms with Crippen molar-refractivity contribution in [2.45, 2.75) is 39.3 Å². The van der Waals surface area contributed by atoms with Gasteiger partial charge in [-0.25, -0.2) is 0 Å². The Morgan fingerprint density at radius 1 is 1.35 bits per heavy atom. The van der Waals surface area contributed by atoms with Gasteiger partial charge in [0.2, 0.25) is 0 Å². The van der Waals surface area contributed by atoms with Gasteiger partial charge in [0.25, 0.3) is 0 Å². The lowest BCUT2D eigenvalue weighted by atomic mass is 10.00. The van der Waals surface area contributed by atoms with Crippen LogP contribution in [-0.4, -0.2) is 48.2 Å². The number of β-amino-alcohol motifs (C(OH)–C–C–N with tert-alkyl or cyclic N) is 1. The van der Waals surface area contributed by atoms with E-state index in [-0.39, 0.29) is 0 Å². The van der Waals surface area contributed by atoms with Crippen LogP contribution in [0.25, 0.3) is 0 Å².